The number of ether oxygens (including phenoxy) is 1. The maximum Gasteiger partial charge on any atom is 0.191 e. The molecular formula is C15H20O2. The van der Waals surface area contributed by atoms with Crippen LogP contribution in [-0.2, 0) is 4.74 Å². The third-order valence-corrected chi connectivity index (χ3v) is 3.65. The van der Waals surface area contributed by atoms with E-state index in [4.69, 9.17) is 4.74 Å². The quantitative estimate of drug-likeness (QED) is 0.743. The van der Waals surface area contributed by atoms with Gasteiger partial charge in [0, 0.05) is 12.7 Å². The van der Waals surface area contributed by atoms with Crippen LogP contribution in [0, 0.1) is 5.92 Å². The highest BCUT2D eigenvalue weighted by Gasteiger charge is 2.29. The molecular weight excluding hydrogens is 212 g/mol. The Morgan fingerprint density at radius 2 is 1.82 bits per heavy atom. The van der Waals surface area contributed by atoms with Crippen molar-refractivity contribution in [2.75, 3.05) is 7.11 Å². The first-order chi connectivity index (χ1) is 8.33. The molecule has 1 unspecified atom stereocenters. The molecule has 0 bridgehead atoms. The molecule has 1 aromatic carbocycles. The third-order valence-electron chi connectivity index (χ3n) is 3.65. The van der Waals surface area contributed by atoms with E-state index in [1.807, 2.05) is 30.3 Å². The van der Waals surface area contributed by atoms with Crippen LogP contribution in [-0.4, -0.2) is 19.0 Å². The lowest BCUT2D eigenvalue weighted by molar-refractivity contribution is 0.0314. The van der Waals surface area contributed by atoms with Crippen LogP contribution in [0.3, 0.4) is 0 Å². The van der Waals surface area contributed by atoms with Gasteiger partial charge in [-0.25, -0.2) is 0 Å². The van der Waals surface area contributed by atoms with Gasteiger partial charge >= 0.3 is 0 Å². The first-order valence-corrected chi connectivity index (χ1v) is 6.45. The first-order valence-electron chi connectivity index (χ1n) is 6.45. The molecule has 2 nitrogen and oxygen atoms in total. The van der Waals surface area contributed by atoms with Crippen molar-refractivity contribution in [1.29, 1.82) is 0 Å². The van der Waals surface area contributed by atoms with Crippen LogP contribution in [0.2, 0.25) is 0 Å². The van der Waals surface area contributed by atoms with E-state index in [1.165, 1.54) is 19.3 Å². The van der Waals surface area contributed by atoms with Crippen molar-refractivity contribution >= 4 is 5.78 Å². The summed E-state index contributed by atoms with van der Waals surface area (Å²) in [7, 11) is 1.65. The van der Waals surface area contributed by atoms with E-state index in [2.05, 4.69) is 0 Å². The Morgan fingerprint density at radius 3 is 2.41 bits per heavy atom. The van der Waals surface area contributed by atoms with Crippen LogP contribution in [0.4, 0.5) is 0 Å². The summed E-state index contributed by atoms with van der Waals surface area (Å²) in [5.41, 5.74) is 0.768. The second-order valence-corrected chi connectivity index (χ2v) is 4.78. The molecule has 0 aliphatic heterocycles. The number of carbonyl (C=O) groups is 1. The van der Waals surface area contributed by atoms with Gasteiger partial charge in [0.25, 0.3) is 0 Å². The van der Waals surface area contributed by atoms with Crippen molar-refractivity contribution in [1.82, 2.24) is 0 Å². The molecule has 0 radical (unpaired) electrons. The number of methoxy groups -OCH3 is 1. The molecule has 0 heterocycles. The fourth-order valence-corrected chi connectivity index (χ4v) is 2.72. The number of benzene rings is 1. The Kier molecular flexibility index (Phi) is 4.32. The predicted octanol–water partition coefficient (Wildman–Crippen LogP) is 3.46. The molecule has 92 valence electrons. The average molecular weight is 232 g/mol. The van der Waals surface area contributed by atoms with Gasteiger partial charge in [-0.1, -0.05) is 49.6 Å². The minimum Gasteiger partial charge on any atom is -0.373 e. The lowest BCUT2D eigenvalue weighted by Crippen LogP contribution is -2.33. The lowest BCUT2D eigenvalue weighted by Gasteiger charge is -2.28. The van der Waals surface area contributed by atoms with E-state index >= 15 is 0 Å². The number of carbonyl (C=O) groups excluding carboxylic acids is 1. The maximum atomic E-state index is 12.4. The minimum atomic E-state index is -0.252. The molecule has 0 spiro atoms. The van der Waals surface area contributed by atoms with Gasteiger partial charge in [-0.2, -0.15) is 0 Å². The summed E-state index contributed by atoms with van der Waals surface area (Å²) in [6, 6.07) is 9.48. The number of ketones is 1. The zero-order valence-corrected chi connectivity index (χ0v) is 10.4. The summed E-state index contributed by atoms with van der Waals surface area (Å²) in [6.45, 7) is 0. The molecule has 0 amide bonds. The van der Waals surface area contributed by atoms with Gasteiger partial charge in [0.05, 0.1) is 0 Å². The van der Waals surface area contributed by atoms with E-state index in [9.17, 15) is 4.79 Å². The van der Waals surface area contributed by atoms with Crippen molar-refractivity contribution in [2.24, 2.45) is 5.92 Å². The summed E-state index contributed by atoms with van der Waals surface area (Å²) in [5, 5.41) is 0. The zero-order valence-electron chi connectivity index (χ0n) is 10.4. The van der Waals surface area contributed by atoms with Crippen LogP contribution < -0.4 is 0 Å². The van der Waals surface area contributed by atoms with Crippen molar-refractivity contribution in [2.45, 2.75) is 38.2 Å². The van der Waals surface area contributed by atoms with Gasteiger partial charge in [0.2, 0.25) is 0 Å². The maximum absolute atomic E-state index is 12.4. The van der Waals surface area contributed by atoms with Crippen LogP contribution in [0.25, 0.3) is 0 Å². The normalized spacial score (nSPS) is 18.9. The van der Waals surface area contributed by atoms with Crippen LogP contribution in [0.15, 0.2) is 30.3 Å². The second-order valence-electron chi connectivity index (χ2n) is 4.78. The molecule has 1 fully saturated rings. The van der Waals surface area contributed by atoms with E-state index in [-0.39, 0.29) is 11.9 Å². The van der Waals surface area contributed by atoms with E-state index in [0.29, 0.717) is 5.92 Å². The fourth-order valence-electron chi connectivity index (χ4n) is 2.72. The monoisotopic (exact) mass is 232 g/mol. The summed E-state index contributed by atoms with van der Waals surface area (Å²) in [4.78, 5) is 12.4. The van der Waals surface area contributed by atoms with Gasteiger partial charge in [0.15, 0.2) is 5.78 Å². The summed E-state index contributed by atoms with van der Waals surface area (Å²) in [6.07, 6.45) is 5.75. The van der Waals surface area contributed by atoms with Gasteiger partial charge in [-0.05, 0) is 18.8 Å². The van der Waals surface area contributed by atoms with Crippen molar-refractivity contribution in [3.05, 3.63) is 35.9 Å². The highest BCUT2D eigenvalue weighted by molar-refractivity contribution is 5.99. The molecule has 0 aromatic heterocycles. The molecule has 1 saturated carbocycles. The standard InChI is InChI=1S/C15H20O2/c1-17-15(13-10-6-3-7-11-13)14(16)12-8-4-2-5-9-12/h2,4-5,8-9,13,15H,3,6-7,10-11H2,1H3. The van der Waals surface area contributed by atoms with E-state index in [1.54, 1.807) is 7.11 Å². The Balaban J connectivity index is 2.09. The summed E-state index contributed by atoms with van der Waals surface area (Å²) >= 11 is 0. The van der Waals surface area contributed by atoms with Gasteiger partial charge in [-0.15, -0.1) is 0 Å². The highest BCUT2D eigenvalue weighted by atomic mass is 16.5. The second kappa shape index (κ2) is 5.97. The summed E-state index contributed by atoms with van der Waals surface area (Å²) < 4.78 is 5.46. The zero-order chi connectivity index (χ0) is 12.1. The SMILES string of the molecule is COC(C(=O)c1ccccc1)C1CCCCC1. The minimum absolute atomic E-state index is 0.139. The Morgan fingerprint density at radius 1 is 1.18 bits per heavy atom. The molecule has 2 rings (SSSR count). The molecule has 1 aliphatic rings. The van der Waals surface area contributed by atoms with Crippen LogP contribution in [0.1, 0.15) is 42.5 Å². The fraction of sp³-hybridized carbons (Fsp3) is 0.533. The van der Waals surface area contributed by atoms with Crippen molar-refractivity contribution < 1.29 is 9.53 Å². The van der Waals surface area contributed by atoms with Crippen molar-refractivity contribution in [3.8, 4) is 0 Å². The Labute approximate surface area is 103 Å². The van der Waals surface area contributed by atoms with Gasteiger partial charge in [0.1, 0.15) is 6.10 Å². The topological polar surface area (TPSA) is 26.3 Å². The molecule has 2 heteroatoms. The first kappa shape index (κ1) is 12.3. The van der Waals surface area contributed by atoms with E-state index in [0.717, 1.165) is 18.4 Å². The van der Waals surface area contributed by atoms with Crippen LogP contribution >= 0.6 is 0 Å². The third kappa shape index (κ3) is 2.95. The molecule has 0 N–H and O–H groups in total. The van der Waals surface area contributed by atoms with Crippen LogP contribution in [0.5, 0.6) is 0 Å². The van der Waals surface area contributed by atoms with E-state index < -0.39 is 0 Å². The average Bonchev–Trinajstić information content (AvgIpc) is 2.42. The number of rotatable bonds is 4. The smallest absolute Gasteiger partial charge is 0.191 e. The van der Waals surface area contributed by atoms with Gasteiger partial charge < -0.3 is 4.74 Å². The summed E-state index contributed by atoms with van der Waals surface area (Å²) in [5.74, 6) is 0.543. The van der Waals surface area contributed by atoms with Gasteiger partial charge in [-0.3, -0.25) is 4.79 Å². The molecule has 0 saturated heterocycles. The predicted molar refractivity (Wildman–Crippen MR) is 68.1 cm³/mol. The Bertz CT molecular complexity index is 352. The van der Waals surface area contributed by atoms with Crippen molar-refractivity contribution in [3.63, 3.8) is 0 Å². The Hall–Kier alpha value is -1.15. The molecule has 17 heavy (non-hydrogen) atoms. The number of hydrogen-bond donors (Lipinski definition) is 0. The molecule has 1 aromatic rings. The number of hydrogen-bond acceptors (Lipinski definition) is 2. The lowest BCUT2D eigenvalue weighted by atomic mass is 9.82. The highest BCUT2D eigenvalue weighted by Crippen LogP contribution is 2.29. The molecule has 1 aliphatic carbocycles. The molecule has 1 atom stereocenters. The number of Topliss-reactive ketones (excluding diaryl/α,β-unsaturated/α-hetero) is 1. The largest absolute Gasteiger partial charge is 0.373 e.